The van der Waals surface area contributed by atoms with Gasteiger partial charge in [0.05, 0.1) is 11.4 Å². The average molecular weight is 231 g/mol. The van der Waals surface area contributed by atoms with Gasteiger partial charge in [0.15, 0.2) is 0 Å². The van der Waals surface area contributed by atoms with E-state index < -0.39 is 0 Å². The fraction of sp³-hybridized carbons (Fsp3) is 0.429. The number of aryl methyl sites for hydroxylation is 1. The Balaban J connectivity index is 0.000000686. The van der Waals surface area contributed by atoms with Gasteiger partial charge in [-0.1, -0.05) is 33.8 Å². The Morgan fingerprint density at radius 3 is 2.35 bits per heavy atom. The minimum absolute atomic E-state index is 0.457. The molecule has 0 fully saturated rings. The monoisotopic (exact) mass is 231 g/mol. The Bertz CT molecular complexity index is 458. The first-order valence-electron chi connectivity index (χ1n) is 6.14. The second-order valence-electron chi connectivity index (χ2n) is 3.94. The van der Waals surface area contributed by atoms with Crippen molar-refractivity contribution >= 4 is 0 Å². The maximum atomic E-state index is 4.61. The Morgan fingerprint density at radius 2 is 1.82 bits per heavy atom. The molecule has 0 bridgehead atoms. The second kappa shape index (κ2) is 6.18. The van der Waals surface area contributed by atoms with Crippen molar-refractivity contribution in [1.29, 1.82) is 0 Å². The molecule has 0 amide bonds. The van der Waals surface area contributed by atoms with Gasteiger partial charge in [-0.05, 0) is 24.1 Å². The first kappa shape index (κ1) is 13.4. The molecule has 0 aromatic carbocycles. The minimum atomic E-state index is 0.457. The Kier molecular flexibility index (Phi) is 4.88. The summed E-state index contributed by atoms with van der Waals surface area (Å²) < 4.78 is 1.84. The Hall–Kier alpha value is -1.64. The van der Waals surface area contributed by atoms with E-state index in [0.29, 0.717) is 5.92 Å². The first-order chi connectivity index (χ1) is 8.18. The summed E-state index contributed by atoms with van der Waals surface area (Å²) in [5, 5.41) is 4.14. The largest absolute Gasteiger partial charge is 0.266 e. The van der Waals surface area contributed by atoms with Crippen molar-refractivity contribution in [1.82, 2.24) is 14.8 Å². The summed E-state index contributed by atoms with van der Waals surface area (Å²) in [5.41, 5.74) is 3.16. The lowest BCUT2D eigenvalue weighted by molar-refractivity contribution is 0.769. The smallest absolute Gasteiger partial charge is 0.0886 e. The predicted octanol–water partition coefficient (Wildman–Crippen LogP) is 3.63. The van der Waals surface area contributed by atoms with E-state index in [1.54, 1.807) is 6.20 Å². The number of pyridine rings is 1. The third-order valence-corrected chi connectivity index (χ3v) is 2.45. The molecule has 0 saturated carbocycles. The number of hydrogen-bond donors (Lipinski definition) is 0. The Morgan fingerprint density at radius 1 is 1.12 bits per heavy atom. The first-order valence-corrected chi connectivity index (χ1v) is 6.14. The van der Waals surface area contributed by atoms with Crippen LogP contribution in [0.3, 0.4) is 0 Å². The van der Waals surface area contributed by atoms with E-state index in [9.17, 15) is 0 Å². The molecule has 2 aromatic heterocycles. The number of hydrogen-bond acceptors (Lipinski definition) is 2. The lowest BCUT2D eigenvalue weighted by Gasteiger charge is -2.07. The molecule has 3 heteroatoms. The van der Waals surface area contributed by atoms with Gasteiger partial charge in [0.25, 0.3) is 0 Å². The lowest BCUT2D eigenvalue weighted by Crippen LogP contribution is -1.98. The third-order valence-electron chi connectivity index (χ3n) is 2.45. The summed E-state index contributed by atoms with van der Waals surface area (Å²) in [7, 11) is 1.93. The SMILES string of the molecule is CC.CC(C)c1cccc(-c2ccnn2C)n1. The van der Waals surface area contributed by atoms with Gasteiger partial charge in [-0.15, -0.1) is 0 Å². The quantitative estimate of drug-likeness (QED) is 0.790. The van der Waals surface area contributed by atoms with E-state index in [1.807, 2.05) is 43.8 Å². The van der Waals surface area contributed by atoms with Crippen molar-refractivity contribution in [3.05, 3.63) is 36.2 Å². The standard InChI is InChI=1S/C12H15N3.C2H6/c1-9(2)10-5-4-6-11(14-10)12-7-8-13-15(12)3;1-2/h4-9H,1-3H3;1-2H3. The zero-order valence-corrected chi connectivity index (χ0v) is 11.3. The van der Waals surface area contributed by atoms with E-state index in [1.165, 1.54) is 0 Å². The van der Waals surface area contributed by atoms with Gasteiger partial charge >= 0.3 is 0 Å². The molecule has 0 N–H and O–H groups in total. The molecule has 0 unspecified atom stereocenters. The molecule has 0 spiro atoms. The fourth-order valence-electron chi connectivity index (χ4n) is 1.54. The summed E-state index contributed by atoms with van der Waals surface area (Å²) in [6, 6.07) is 8.10. The zero-order valence-electron chi connectivity index (χ0n) is 11.3. The van der Waals surface area contributed by atoms with E-state index in [4.69, 9.17) is 0 Å². The fourth-order valence-corrected chi connectivity index (χ4v) is 1.54. The molecule has 3 nitrogen and oxygen atoms in total. The van der Waals surface area contributed by atoms with Crippen LogP contribution in [-0.4, -0.2) is 14.8 Å². The van der Waals surface area contributed by atoms with Crippen molar-refractivity contribution in [2.75, 3.05) is 0 Å². The van der Waals surface area contributed by atoms with E-state index in [-0.39, 0.29) is 0 Å². The van der Waals surface area contributed by atoms with Crippen molar-refractivity contribution in [2.45, 2.75) is 33.6 Å². The van der Waals surface area contributed by atoms with Crippen LogP contribution in [0.2, 0.25) is 0 Å². The topological polar surface area (TPSA) is 30.7 Å². The van der Waals surface area contributed by atoms with Crippen molar-refractivity contribution in [3.63, 3.8) is 0 Å². The summed E-state index contributed by atoms with van der Waals surface area (Å²) >= 11 is 0. The van der Waals surface area contributed by atoms with Gasteiger partial charge in [0.1, 0.15) is 0 Å². The maximum Gasteiger partial charge on any atom is 0.0886 e. The molecule has 2 heterocycles. The van der Waals surface area contributed by atoms with Gasteiger partial charge in [-0.25, -0.2) is 0 Å². The predicted molar refractivity (Wildman–Crippen MR) is 71.9 cm³/mol. The van der Waals surface area contributed by atoms with Crippen LogP contribution in [0.5, 0.6) is 0 Å². The highest BCUT2D eigenvalue weighted by Crippen LogP contribution is 2.19. The summed E-state index contributed by atoms with van der Waals surface area (Å²) in [5.74, 6) is 0.457. The van der Waals surface area contributed by atoms with Crippen LogP contribution < -0.4 is 0 Å². The van der Waals surface area contributed by atoms with Crippen LogP contribution >= 0.6 is 0 Å². The van der Waals surface area contributed by atoms with Crippen molar-refractivity contribution < 1.29 is 0 Å². The molecule has 0 atom stereocenters. The maximum absolute atomic E-state index is 4.61. The normalized spacial score (nSPS) is 10.0. The average Bonchev–Trinajstić information content (AvgIpc) is 2.78. The molecule has 0 aliphatic carbocycles. The summed E-state index contributed by atoms with van der Waals surface area (Å²) in [6.45, 7) is 8.30. The van der Waals surface area contributed by atoms with Crippen LogP contribution in [-0.2, 0) is 7.05 Å². The van der Waals surface area contributed by atoms with Crippen molar-refractivity contribution in [2.24, 2.45) is 7.05 Å². The van der Waals surface area contributed by atoms with Gasteiger partial charge < -0.3 is 0 Å². The molecule has 17 heavy (non-hydrogen) atoms. The van der Waals surface area contributed by atoms with E-state index in [2.05, 4.69) is 30.0 Å². The summed E-state index contributed by atoms with van der Waals surface area (Å²) in [6.07, 6.45) is 1.79. The Labute approximate surface area is 104 Å². The highest BCUT2D eigenvalue weighted by Gasteiger charge is 2.06. The van der Waals surface area contributed by atoms with Crippen molar-refractivity contribution in [3.8, 4) is 11.4 Å². The van der Waals surface area contributed by atoms with Crippen LogP contribution in [0.15, 0.2) is 30.5 Å². The molecule has 0 radical (unpaired) electrons. The molecular weight excluding hydrogens is 210 g/mol. The van der Waals surface area contributed by atoms with Gasteiger partial charge in [0.2, 0.25) is 0 Å². The van der Waals surface area contributed by atoms with Crippen LogP contribution in [0.1, 0.15) is 39.3 Å². The van der Waals surface area contributed by atoms with E-state index >= 15 is 0 Å². The highest BCUT2D eigenvalue weighted by atomic mass is 15.3. The third kappa shape index (κ3) is 3.16. The molecule has 0 aliphatic heterocycles. The summed E-state index contributed by atoms with van der Waals surface area (Å²) in [4.78, 5) is 4.61. The molecular formula is C14H21N3. The molecule has 2 rings (SSSR count). The van der Waals surface area contributed by atoms with Gasteiger partial charge in [0, 0.05) is 18.9 Å². The molecule has 92 valence electrons. The number of aromatic nitrogens is 3. The van der Waals surface area contributed by atoms with Crippen LogP contribution in [0.25, 0.3) is 11.4 Å². The van der Waals surface area contributed by atoms with Crippen LogP contribution in [0, 0.1) is 0 Å². The van der Waals surface area contributed by atoms with Gasteiger partial charge in [-0.2, -0.15) is 5.10 Å². The number of nitrogens with zero attached hydrogens (tertiary/aromatic N) is 3. The van der Waals surface area contributed by atoms with E-state index in [0.717, 1.165) is 17.1 Å². The highest BCUT2D eigenvalue weighted by molar-refractivity contribution is 5.54. The second-order valence-corrected chi connectivity index (χ2v) is 3.94. The van der Waals surface area contributed by atoms with Gasteiger partial charge in [-0.3, -0.25) is 9.67 Å². The number of rotatable bonds is 2. The molecule has 0 aliphatic rings. The minimum Gasteiger partial charge on any atom is -0.266 e. The zero-order chi connectivity index (χ0) is 12.8. The molecule has 2 aromatic rings. The molecule has 0 saturated heterocycles. The lowest BCUT2D eigenvalue weighted by atomic mass is 10.1. The van der Waals surface area contributed by atoms with Crippen LogP contribution in [0.4, 0.5) is 0 Å².